The number of carbonyl (C=O) groups is 1. The first-order valence-corrected chi connectivity index (χ1v) is 7.61. The molecule has 2 amide bonds. The Kier molecular flexibility index (Phi) is 3.73. The average molecular weight is 251 g/mol. The van der Waals surface area contributed by atoms with Crippen LogP contribution < -0.4 is 5.32 Å². The minimum Gasteiger partial charge on any atom is -0.325 e. The molecule has 1 aliphatic carbocycles. The zero-order valence-corrected chi connectivity index (χ0v) is 11.2. The Hall–Kier alpha value is -0.770. The van der Waals surface area contributed by atoms with Gasteiger partial charge in [0, 0.05) is 25.7 Å². The molecule has 1 N–H and O–H groups in total. The monoisotopic (exact) mass is 251 g/mol. The van der Waals surface area contributed by atoms with Crippen molar-refractivity contribution in [3.05, 3.63) is 0 Å². The van der Waals surface area contributed by atoms with Crippen molar-refractivity contribution in [2.75, 3.05) is 32.7 Å². The summed E-state index contributed by atoms with van der Waals surface area (Å²) in [4.78, 5) is 16.8. The lowest BCUT2D eigenvalue weighted by Crippen LogP contribution is -2.47. The SMILES string of the molecule is O=C(N1CCCC1)N(CC1CCCNC1)C1CC1. The van der Waals surface area contributed by atoms with Crippen LogP contribution in [0.2, 0.25) is 0 Å². The molecule has 1 saturated carbocycles. The molecule has 0 aromatic rings. The van der Waals surface area contributed by atoms with Crippen LogP contribution in [-0.2, 0) is 0 Å². The number of nitrogens with zero attached hydrogens (tertiary/aromatic N) is 2. The molecule has 3 aliphatic rings. The molecule has 0 aromatic heterocycles. The number of likely N-dealkylation sites (tertiary alicyclic amines) is 1. The fourth-order valence-corrected chi connectivity index (χ4v) is 3.22. The number of piperidine rings is 1. The fourth-order valence-electron chi connectivity index (χ4n) is 3.22. The molecule has 102 valence electrons. The van der Waals surface area contributed by atoms with Gasteiger partial charge in [-0.1, -0.05) is 0 Å². The summed E-state index contributed by atoms with van der Waals surface area (Å²) in [6, 6.07) is 0.876. The Morgan fingerprint density at radius 3 is 2.56 bits per heavy atom. The highest BCUT2D eigenvalue weighted by molar-refractivity contribution is 5.75. The molecule has 1 atom stereocenters. The van der Waals surface area contributed by atoms with E-state index in [0.29, 0.717) is 18.0 Å². The highest BCUT2D eigenvalue weighted by Gasteiger charge is 2.36. The van der Waals surface area contributed by atoms with Gasteiger partial charge in [0.15, 0.2) is 0 Å². The third kappa shape index (κ3) is 2.79. The number of nitrogens with one attached hydrogen (secondary N) is 1. The first-order chi connectivity index (χ1) is 8.84. The van der Waals surface area contributed by atoms with Gasteiger partial charge in [-0.25, -0.2) is 4.79 Å². The first-order valence-electron chi connectivity index (χ1n) is 7.61. The van der Waals surface area contributed by atoms with E-state index in [-0.39, 0.29) is 0 Å². The van der Waals surface area contributed by atoms with E-state index < -0.39 is 0 Å². The van der Waals surface area contributed by atoms with Crippen LogP contribution in [0, 0.1) is 5.92 Å². The van der Waals surface area contributed by atoms with E-state index in [1.165, 1.54) is 38.5 Å². The summed E-state index contributed by atoms with van der Waals surface area (Å²) in [6.45, 7) is 5.18. The summed E-state index contributed by atoms with van der Waals surface area (Å²) in [5.41, 5.74) is 0. The molecule has 0 radical (unpaired) electrons. The molecule has 0 spiro atoms. The van der Waals surface area contributed by atoms with E-state index in [1.54, 1.807) is 0 Å². The maximum atomic E-state index is 12.5. The lowest BCUT2D eigenvalue weighted by molar-refractivity contribution is 0.145. The van der Waals surface area contributed by atoms with E-state index in [9.17, 15) is 4.79 Å². The van der Waals surface area contributed by atoms with Gasteiger partial charge in [-0.3, -0.25) is 0 Å². The largest absolute Gasteiger partial charge is 0.325 e. The van der Waals surface area contributed by atoms with Gasteiger partial charge in [0.1, 0.15) is 0 Å². The Morgan fingerprint density at radius 1 is 1.17 bits per heavy atom. The Labute approximate surface area is 110 Å². The van der Waals surface area contributed by atoms with Gasteiger partial charge in [-0.2, -0.15) is 0 Å². The number of hydrogen-bond acceptors (Lipinski definition) is 2. The average Bonchev–Trinajstić information content (AvgIpc) is 3.10. The maximum absolute atomic E-state index is 12.5. The van der Waals surface area contributed by atoms with Crippen LogP contribution in [0.1, 0.15) is 38.5 Å². The molecular weight excluding hydrogens is 226 g/mol. The van der Waals surface area contributed by atoms with Crippen molar-refractivity contribution in [1.82, 2.24) is 15.1 Å². The predicted molar refractivity (Wildman–Crippen MR) is 71.5 cm³/mol. The minimum atomic E-state index is 0.320. The van der Waals surface area contributed by atoms with Crippen molar-refractivity contribution >= 4 is 6.03 Å². The summed E-state index contributed by atoms with van der Waals surface area (Å²) in [7, 11) is 0. The molecule has 4 nitrogen and oxygen atoms in total. The highest BCUT2D eigenvalue weighted by atomic mass is 16.2. The van der Waals surface area contributed by atoms with Crippen molar-refractivity contribution in [3.8, 4) is 0 Å². The zero-order valence-electron chi connectivity index (χ0n) is 11.2. The predicted octanol–water partition coefficient (Wildman–Crippen LogP) is 1.67. The van der Waals surface area contributed by atoms with Crippen LogP contribution in [0.5, 0.6) is 0 Å². The molecule has 0 bridgehead atoms. The third-order valence-corrected chi connectivity index (χ3v) is 4.46. The van der Waals surface area contributed by atoms with E-state index in [1.807, 2.05) is 0 Å². The van der Waals surface area contributed by atoms with Crippen molar-refractivity contribution in [2.45, 2.75) is 44.6 Å². The summed E-state index contributed by atoms with van der Waals surface area (Å²) < 4.78 is 0. The second kappa shape index (κ2) is 5.47. The van der Waals surface area contributed by atoms with Gasteiger partial charge in [-0.05, 0) is 57.5 Å². The summed E-state index contributed by atoms with van der Waals surface area (Å²) in [5, 5.41) is 3.46. The molecule has 18 heavy (non-hydrogen) atoms. The van der Waals surface area contributed by atoms with Gasteiger partial charge in [0.2, 0.25) is 0 Å². The summed E-state index contributed by atoms with van der Waals surface area (Å²) in [5.74, 6) is 0.672. The van der Waals surface area contributed by atoms with Crippen LogP contribution in [0.15, 0.2) is 0 Å². The molecule has 2 heterocycles. The summed E-state index contributed by atoms with van der Waals surface area (Å²) in [6.07, 6.45) is 7.37. The van der Waals surface area contributed by atoms with E-state index in [0.717, 1.165) is 32.7 Å². The van der Waals surface area contributed by atoms with Gasteiger partial charge in [-0.15, -0.1) is 0 Å². The van der Waals surface area contributed by atoms with Gasteiger partial charge < -0.3 is 15.1 Å². The molecule has 1 unspecified atom stereocenters. The maximum Gasteiger partial charge on any atom is 0.320 e. The molecule has 2 aliphatic heterocycles. The number of amides is 2. The number of urea groups is 1. The van der Waals surface area contributed by atoms with Gasteiger partial charge in [0.05, 0.1) is 0 Å². The fraction of sp³-hybridized carbons (Fsp3) is 0.929. The van der Waals surface area contributed by atoms with Crippen LogP contribution >= 0.6 is 0 Å². The number of rotatable bonds is 3. The molecular formula is C14H25N3O. The van der Waals surface area contributed by atoms with Crippen LogP contribution in [-0.4, -0.2) is 54.6 Å². The van der Waals surface area contributed by atoms with Gasteiger partial charge in [0.25, 0.3) is 0 Å². The van der Waals surface area contributed by atoms with E-state index in [2.05, 4.69) is 15.1 Å². The molecule has 3 fully saturated rings. The minimum absolute atomic E-state index is 0.320. The Bertz CT molecular complexity index is 291. The van der Waals surface area contributed by atoms with E-state index >= 15 is 0 Å². The second-order valence-corrected chi connectivity index (χ2v) is 6.07. The number of carbonyl (C=O) groups excluding carboxylic acids is 1. The Morgan fingerprint density at radius 2 is 1.94 bits per heavy atom. The molecule has 2 saturated heterocycles. The topological polar surface area (TPSA) is 35.6 Å². The van der Waals surface area contributed by atoms with Crippen LogP contribution in [0.4, 0.5) is 4.79 Å². The smallest absolute Gasteiger partial charge is 0.320 e. The van der Waals surface area contributed by atoms with E-state index in [4.69, 9.17) is 0 Å². The van der Waals surface area contributed by atoms with Crippen LogP contribution in [0.3, 0.4) is 0 Å². The normalized spacial score (nSPS) is 28.4. The molecule has 4 heteroatoms. The molecule has 3 rings (SSSR count). The van der Waals surface area contributed by atoms with Crippen molar-refractivity contribution < 1.29 is 4.79 Å². The third-order valence-electron chi connectivity index (χ3n) is 4.46. The van der Waals surface area contributed by atoms with Crippen LogP contribution in [0.25, 0.3) is 0 Å². The van der Waals surface area contributed by atoms with Crippen molar-refractivity contribution in [1.29, 1.82) is 0 Å². The van der Waals surface area contributed by atoms with Crippen molar-refractivity contribution in [3.63, 3.8) is 0 Å². The quantitative estimate of drug-likeness (QED) is 0.828. The second-order valence-electron chi connectivity index (χ2n) is 6.07. The lowest BCUT2D eigenvalue weighted by atomic mass is 9.99. The van der Waals surface area contributed by atoms with Gasteiger partial charge >= 0.3 is 6.03 Å². The lowest BCUT2D eigenvalue weighted by Gasteiger charge is -2.33. The number of hydrogen-bond donors (Lipinski definition) is 1. The standard InChI is InChI=1S/C14H25N3O/c18-14(16-8-1-2-9-16)17(13-5-6-13)11-12-4-3-7-15-10-12/h12-13,15H,1-11H2. The zero-order chi connectivity index (χ0) is 12.4. The first kappa shape index (κ1) is 12.3. The Balaban J connectivity index is 1.58. The van der Waals surface area contributed by atoms with Crippen molar-refractivity contribution in [2.24, 2.45) is 5.92 Å². The molecule has 0 aromatic carbocycles. The highest BCUT2D eigenvalue weighted by Crippen LogP contribution is 2.30. The summed E-state index contributed by atoms with van der Waals surface area (Å²) >= 11 is 0.